The monoisotopic (exact) mass is 801 g/mol. The van der Waals surface area contributed by atoms with E-state index in [-0.39, 0.29) is 38.4 Å². The Bertz CT molecular complexity index is 1300. The molecule has 3 N–H and O–H groups in total. The van der Waals surface area contributed by atoms with Gasteiger partial charge in [-0.2, -0.15) is 0 Å². The molecule has 0 aromatic rings. The number of phosphoric acid groups is 1. The van der Waals surface area contributed by atoms with Gasteiger partial charge >= 0.3 is 19.8 Å². The lowest BCUT2D eigenvalue weighted by atomic mass is 10.1. The molecule has 0 aliphatic rings. The number of rotatable bonds is 37. The fraction of sp³-hybridized carbons (Fsp3) is 0.578. The molecule has 56 heavy (non-hydrogen) atoms. The molecular weight excluding hydrogens is 729 g/mol. The van der Waals surface area contributed by atoms with E-state index in [9.17, 15) is 23.8 Å². The van der Waals surface area contributed by atoms with Crippen LogP contribution in [0.15, 0.2) is 97.2 Å². The summed E-state index contributed by atoms with van der Waals surface area (Å²) in [7, 11) is -4.42. The predicted molar refractivity (Wildman–Crippen MR) is 229 cm³/mol. The number of nitrogens with two attached hydrogens (primary N) is 1. The number of phosphoric ester groups is 1. The van der Waals surface area contributed by atoms with Crippen molar-refractivity contribution < 1.29 is 42.4 Å². The molecule has 0 heterocycles. The van der Waals surface area contributed by atoms with Crippen molar-refractivity contribution in [2.75, 3.05) is 26.4 Å². The van der Waals surface area contributed by atoms with Crippen LogP contribution in [0, 0.1) is 0 Å². The standard InChI is InChI=1S/C45H72NO9P/c1-3-5-7-8-9-10-11-12-13-14-15-16-17-18-19-22-25-28-32-36-44(48)52-40-43(41-54-56(50,51)53-39-38-46)55-45(49)37-33-29-26-23-20-21-24-27-31-35-42(47)34-30-6-4-2/h5,7,9-10,12-13,15-16,18-19,24-25,27-28,31,35,43H,3-4,6,8,11,14,17,20-23,26,29-30,32-34,36-41,46H2,1-2H3,(H,50,51)/b7-5-,10-9-,13-12-,16-15-,19-18-,27-24-,28-25-,35-31+/t43-/m1/s1. The Hall–Kier alpha value is -3.40. The molecule has 0 rings (SSSR count). The van der Waals surface area contributed by atoms with Crippen molar-refractivity contribution in [3.63, 3.8) is 0 Å². The zero-order valence-corrected chi connectivity index (χ0v) is 35.2. The van der Waals surface area contributed by atoms with E-state index in [1.807, 2.05) is 18.2 Å². The quantitative estimate of drug-likeness (QED) is 0.0155. The Labute approximate surface area is 338 Å². The number of allylic oxidation sites excluding steroid dienone is 16. The smallest absolute Gasteiger partial charge is 0.462 e. The number of unbranched alkanes of at least 4 members (excludes halogenated alkanes) is 7. The first-order valence-electron chi connectivity index (χ1n) is 20.7. The van der Waals surface area contributed by atoms with Crippen LogP contribution in [0.3, 0.4) is 0 Å². The van der Waals surface area contributed by atoms with Crippen LogP contribution in [0.2, 0.25) is 0 Å². The summed E-state index contributed by atoms with van der Waals surface area (Å²) in [4.78, 5) is 46.5. The van der Waals surface area contributed by atoms with E-state index in [2.05, 4.69) is 80.7 Å². The maximum atomic E-state index is 12.6. The summed E-state index contributed by atoms with van der Waals surface area (Å²) in [6.07, 6.45) is 47.2. The Morgan fingerprint density at radius 2 is 1.18 bits per heavy atom. The molecule has 0 aliphatic carbocycles. The van der Waals surface area contributed by atoms with Gasteiger partial charge in [0.2, 0.25) is 0 Å². The van der Waals surface area contributed by atoms with Gasteiger partial charge < -0.3 is 20.1 Å². The van der Waals surface area contributed by atoms with Crippen LogP contribution in [0.5, 0.6) is 0 Å². The molecule has 11 heteroatoms. The van der Waals surface area contributed by atoms with Crippen molar-refractivity contribution in [1.82, 2.24) is 0 Å². The van der Waals surface area contributed by atoms with Gasteiger partial charge in [0.1, 0.15) is 6.61 Å². The molecule has 0 amide bonds. The first kappa shape index (κ1) is 52.6. The van der Waals surface area contributed by atoms with Crippen molar-refractivity contribution in [2.45, 2.75) is 142 Å². The predicted octanol–water partition coefficient (Wildman–Crippen LogP) is 11.0. The van der Waals surface area contributed by atoms with E-state index in [4.69, 9.17) is 24.3 Å². The second kappa shape index (κ2) is 39.8. The highest BCUT2D eigenvalue weighted by Gasteiger charge is 2.25. The van der Waals surface area contributed by atoms with E-state index in [1.54, 1.807) is 12.2 Å². The number of ether oxygens (including phenoxy) is 2. The Balaban J connectivity index is 4.40. The highest BCUT2D eigenvalue weighted by atomic mass is 31.2. The lowest BCUT2D eigenvalue weighted by Gasteiger charge is -2.19. The highest BCUT2D eigenvalue weighted by molar-refractivity contribution is 7.47. The molecular formula is C45H72NO9P. The number of hydrogen-bond donors (Lipinski definition) is 2. The van der Waals surface area contributed by atoms with E-state index >= 15 is 0 Å². The van der Waals surface area contributed by atoms with Crippen molar-refractivity contribution >= 4 is 25.5 Å². The third kappa shape index (κ3) is 38.9. The van der Waals surface area contributed by atoms with E-state index in [1.165, 1.54) is 0 Å². The van der Waals surface area contributed by atoms with Gasteiger partial charge in [0.25, 0.3) is 0 Å². The zero-order valence-electron chi connectivity index (χ0n) is 34.3. The van der Waals surface area contributed by atoms with Crippen LogP contribution in [-0.4, -0.2) is 55.1 Å². The van der Waals surface area contributed by atoms with E-state index in [0.717, 1.165) is 89.9 Å². The molecule has 0 aromatic heterocycles. The fourth-order valence-electron chi connectivity index (χ4n) is 4.87. The number of ketones is 1. The molecule has 0 saturated carbocycles. The van der Waals surface area contributed by atoms with Crippen LogP contribution in [0.25, 0.3) is 0 Å². The van der Waals surface area contributed by atoms with Gasteiger partial charge in [-0.05, 0) is 76.7 Å². The van der Waals surface area contributed by atoms with Crippen molar-refractivity contribution in [1.29, 1.82) is 0 Å². The lowest BCUT2D eigenvalue weighted by Crippen LogP contribution is -2.29. The SMILES string of the molecule is CC/C=C\C/C=C\C/C=C\C/C=C\C/C=C\C/C=C\CCC(=O)OC[C@H](COP(=O)(O)OCCN)OC(=O)CCCCCCC/C=C\C=C\C(=O)CCCCC. The summed E-state index contributed by atoms with van der Waals surface area (Å²) in [5.41, 5.74) is 5.33. The topological polar surface area (TPSA) is 151 Å². The van der Waals surface area contributed by atoms with Gasteiger partial charge in [-0.3, -0.25) is 23.4 Å². The number of carbonyl (C=O) groups is 3. The molecule has 0 aromatic carbocycles. The fourth-order valence-corrected chi connectivity index (χ4v) is 5.64. The highest BCUT2D eigenvalue weighted by Crippen LogP contribution is 2.43. The van der Waals surface area contributed by atoms with Crippen molar-refractivity contribution in [3.8, 4) is 0 Å². The van der Waals surface area contributed by atoms with Crippen LogP contribution in [0.1, 0.15) is 136 Å². The molecule has 0 radical (unpaired) electrons. The Morgan fingerprint density at radius 3 is 1.79 bits per heavy atom. The first-order chi connectivity index (χ1) is 27.2. The Kier molecular flexibility index (Phi) is 37.4. The molecule has 0 saturated heterocycles. The zero-order chi connectivity index (χ0) is 41.2. The van der Waals surface area contributed by atoms with Crippen LogP contribution in [-0.2, 0) is 37.5 Å². The maximum Gasteiger partial charge on any atom is 0.472 e. The molecule has 0 spiro atoms. The average Bonchev–Trinajstić information content (AvgIpc) is 3.18. The lowest BCUT2D eigenvalue weighted by molar-refractivity contribution is -0.161. The largest absolute Gasteiger partial charge is 0.472 e. The van der Waals surface area contributed by atoms with Crippen LogP contribution >= 0.6 is 7.82 Å². The molecule has 2 atom stereocenters. The average molecular weight is 802 g/mol. The van der Waals surface area contributed by atoms with Gasteiger partial charge in [-0.1, -0.05) is 137 Å². The summed E-state index contributed by atoms with van der Waals surface area (Å²) >= 11 is 0. The van der Waals surface area contributed by atoms with Gasteiger partial charge in [0.15, 0.2) is 11.9 Å². The molecule has 10 nitrogen and oxygen atoms in total. The minimum Gasteiger partial charge on any atom is -0.462 e. The van der Waals surface area contributed by atoms with E-state index in [0.29, 0.717) is 19.3 Å². The second-order valence-electron chi connectivity index (χ2n) is 13.2. The van der Waals surface area contributed by atoms with E-state index < -0.39 is 32.5 Å². The minimum absolute atomic E-state index is 0.0240. The number of esters is 2. The molecule has 316 valence electrons. The first-order valence-corrected chi connectivity index (χ1v) is 22.2. The van der Waals surface area contributed by atoms with Crippen molar-refractivity contribution in [3.05, 3.63) is 97.2 Å². The maximum absolute atomic E-state index is 12.6. The van der Waals surface area contributed by atoms with Gasteiger partial charge in [0.05, 0.1) is 13.2 Å². The second-order valence-corrected chi connectivity index (χ2v) is 14.6. The van der Waals surface area contributed by atoms with Gasteiger partial charge in [0, 0.05) is 25.8 Å². The Morgan fingerprint density at radius 1 is 0.607 bits per heavy atom. The van der Waals surface area contributed by atoms with Crippen LogP contribution in [0.4, 0.5) is 0 Å². The molecule has 0 fully saturated rings. The normalized spacial score (nSPS) is 14.2. The van der Waals surface area contributed by atoms with Gasteiger partial charge in [-0.25, -0.2) is 4.57 Å². The third-order valence-electron chi connectivity index (χ3n) is 7.94. The van der Waals surface area contributed by atoms with Crippen LogP contribution < -0.4 is 5.73 Å². The summed E-state index contributed by atoms with van der Waals surface area (Å²) in [6, 6.07) is 0. The molecule has 1 unspecified atom stereocenters. The molecule has 0 bridgehead atoms. The summed E-state index contributed by atoms with van der Waals surface area (Å²) in [5, 5.41) is 0. The van der Waals surface area contributed by atoms with Crippen molar-refractivity contribution in [2.24, 2.45) is 5.73 Å². The van der Waals surface area contributed by atoms with Gasteiger partial charge in [-0.15, -0.1) is 0 Å². The summed E-state index contributed by atoms with van der Waals surface area (Å²) in [6.45, 7) is 3.29. The summed E-state index contributed by atoms with van der Waals surface area (Å²) in [5.74, 6) is -0.833. The number of carbonyl (C=O) groups excluding carboxylic acids is 3. The molecule has 0 aliphatic heterocycles. The number of hydrogen-bond acceptors (Lipinski definition) is 9. The summed E-state index contributed by atoms with van der Waals surface area (Å²) < 4.78 is 32.6. The minimum atomic E-state index is -4.42. The third-order valence-corrected chi connectivity index (χ3v) is 8.93.